The molecule has 0 aliphatic rings. The molecule has 4 heteroatoms. The van der Waals surface area contributed by atoms with Gasteiger partial charge in [0.15, 0.2) is 5.82 Å². The van der Waals surface area contributed by atoms with Crippen LogP contribution in [0.1, 0.15) is 0 Å². The van der Waals surface area contributed by atoms with Crippen LogP contribution in [0.3, 0.4) is 0 Å². The van der Waals surface area contributed by atoms with Crippen molar-refractivity contribution in [2.45, 2.75) is 0 Å². The van der Waals surface area contributed by atoms with Crippen molar-refractivity contribution < 1.29 is 4.42 Å². The minimum absolute atomic E-state index is 0.687. The van der Waals surface area contributed by atoms with Crippen LogP contribution >= 0.6 is 11.3 Å². The molecule has 3 heterocycles. The van der Waals surface area contributed by atoms with Gasteiger partial charge in [-0.3, -0.25) is 0 Å². The van der Waals surface area contributed by atoms with E-state index in [0.717, 1.165) is 72.3 Å². The van der Waals surface area contributed by atoms with Gasteiger partial charge < -0.3 is 4.42 Å². The summed E-state index contributed by atoms with van der Waals surface area (Å²) in [7, 11) is 0. The van der Waals surface area contributed by atoms with Crippen LogP contribution in [-0.4, -0.2) is 9.97 Å². The maximum atomic E-state index is 6.58. The Kier molecular flexibility index (Phi) is 7.68. The van der Waals surface area contributed by atoms with Gasteiger partial charge in [0.05, 0.1) is 11.4 Å². The lowest BCUT2D eigenvalue weighted by atomic mass is 9.93. The quantitative estimate of drug-likeness (QED) is 0.171. The maximum absolute atomic E-state index is 6.58. The molecule has 0 atom stereocenters. The molecule has 0 aliphatic heterocycles. The Balaban J connectivity index is 1.13. The predicted octanol–water partition coefficient (Wildman–Crippen LogP) is 14.7. The van der Waals surface area contributed by atoms with Crippen molar-refractivity contribution in [3.8, 4) is 67.3 Å². The van der Waals surface area contributed by atoms with Crippen molar-refractivity contribution >= 4 is 53.4 Å². The number of thiophene rings is 1. The van der Waals surface area contributed by atoms with Crippen LogP contribution in [0, 0.1) is 0 Å². The second-order valence-corrected chi connectivity index (χ2v) is 15.2. The fraction of sp³-hybridized carbons (Fsp3) is 0. The normalized spacial score (nSPS) is 11.6. The van der Waals surface area contributed by atoms with Gasteiger partial charge in [-0.15, -0.1) is 11.3 Å². The second-order valence-electron chi connectivity index (χ2n) is 14.2. The molecule has 0 N–H and O–H groups in total. The number of fused-ring (bicyclic) bond motifs is 6. The molecule has 8 aromatic carbocycles. The molecule has 0 saturated carbocycles. The maximum Gasteiger partial charge on any atom is 0.160 e. The molecule has 0 saturated heterocycles. The second kappa shape index (κ2) is 13.3. The van der Waals surface area contributed by atoms with Crippen molar-refractivity contribution in [1.82, 2.24) is 9.97 Å². The monoisotopic (exact) mass is 732 g/mol. The first kappa shape index (κ1) is 32.3. The van der Waals surface area contributed by atoms with Crippen molar-refractivity contribution in [3.05, 3.63) is 194 Å². The Morgan fingerprint density at radius 2 is 0.911 bits per heavy atom. The highest BCUT2D eigenvalue weighted by Crippen LogP contribution is 2.41. The molecule has 0 radical (unpaired) electrons. The minimum Gasteiger partial charge on any atom is -0.455 e. The lowest BCUT2D eigenvalue weighted by Crippen LogP contribution is -1.96. The van der Waals surface area contributed by atoms with Gasteiger partial charge in [0.1, 0.15) is 11.2 Å². The molecule has 0 amide bonds. The zero-order chi connectivity index (χ0) is 37.0. The molecule has 3 nitrogen and oxygen atoms in total. The number of para-hydroxylation sites is 2. The van der Waals surface area contributed by atoms with Crippen LogP contribution in [-0.2, 0) is 0 Å². The van der Waals surface area contributed by atoms with Gasteiger partial charge in [0.25, 0.3) is 0 Å². The lowest BCUT2D eigenvalue weighted by molar-refractivity contribution is 0.670. The van der Waals surface area contributed by atoms with E-state index in [9.17, 15) is 0 Å². The van der Waals surface area contributed by atoms with E-state index in [1.807, 2.05) is 41.7 Å². The molecule has 0 bridgehead atoms. The standard InChI is InChI=1S/C52H32N2OS/c1-3-12-33(13-4-1)34-22-24-35(25-23-34)38-28-39(41-18-11-19-44-42-16-7-9-20-48(42)55-51(41)44)30-40(29-38)47-32-46(53-52(54-47)36-14-5-2-6-15-36)37-26-27-50-45(31-37)43-17-8-10-21-49(43)56-50/h1-32H. The third kappa shape index (κ3) is 5.67. The molecule has 0 spiro atoms. The summed E-state index contributed by atoms with van der Waals surface area (Å²) in [4.78, 5) is 10.5. The number of nitrogens with zero attached hydrogens (tertiary/aromatic N) is 2. The molecule has 11 rings (SSSR count). The van der Waals surface area contributed by atoms with Crippen LogP contribution in [0.25, 0.3) is 109 Å². The number of rotatable bonds is 6. The first-order valence-electron chi connectivity index (χ1n) is 18.8. The average molecular weight is 733 g/mol. The number of hydrogen-bond donors (Lipinski definition) is 0. The van der Waals surface area contributed by atoms with E-state index in [2.05, 4.69) is 164 Å². The number of benzene rings is 8. The average Bonchev–Trinajstić information content (AvgIpc) is 3.85. The Hall–Kier alpha value is -7.14. The fourth-order valence-corrected chi connectivity index (χ4v) is 8.99. The van der Waals surface area contributed by atoms with Gasteiger partial charge in [-0.1, -0.05) is 146 Å². The molecular weight excluding hydrogens is 701 g/mol. The van der Waals surface area contributed by atoms with E-state index >= 15 is 0 Å². The first-order chi connectivity index (χ1) is 27.7. The Morgan fingerprint density at radius 1 is 0.339 bits per heavy atom. The van der Waals surface area contributed by atoms with Gasteiger partial charge >= 0.3 is 0 Å². The van der Waals surface area contributed by atoms with Crippen LogP contribution in [0.2, 0.25) is 0 Å². The summed E-state index contributed by atoms with van der Waals surface area (Å²) < 4.78 is 9.13. The number of furan rings is 1. The van der Waals surface area contributed by atoms with Crippen LogP contribution in [0.15, 0.2) is 199 Å². The smallest absolute Gasteiger partial charge is 0.160 e. The Morgan fingerprint density at radius 3 is 1.71 bits per heavy atom. The van der Waals surface area contributed by atoms with Gasteiger partial charge in [0.2, 0.25) is 0 Å². The molecular formula is C52H32N2OS. The molecule has 0 aliphatic carbocycles. The SMILES string of the molecule is c1ccc(-c2ccc(-c3cc(-c4cc(-c5ccc6sc7ccccc7c6c5)nc(-c5ccccc5)n4)cc(-c4cccc5c4oc4ccccc45)c3)cc2)cc1. The van der Waals surface area contributed by atoms with E-state index in [1.54, 1.807) is 0 Å². The van der Waals surface area contributed by atoms with E-state index in [1.165, 1.54) is 31.3 Å². The highest BCUT2D eigenvalue weighted by atomic mass is 32.1. The van der Waals surface area contributed by atoms with E-state index in [0.29, 0.717) is 5.82 Å². The van der Waals surface area contributed by atoms with Gasteiger partial charge in [0, 0.05) is 53.2 Å². The number of hydrogen-bond acceptors (Lipinski definition) is 4. The first-order valence-corrected chi connectivity index (χ1v) is 19.6. The van der Waals surface area contributed by atoms with Crippen molar-refractivity contribution in [1.29, 1.82) is 0 Å². The Labute approximate surface area is 327 Å². The topological polar surface area (TPSA) is 38.9 Å². The predicted molar refractivity (Wildman–Crippen MR) is 235 cm³/mol. The molecule has 3 aromatic heterocycles. The van der Waals surface area contributed by atoms with Crippen molar-refractivity contribution in [3.63, 3.8) is 0 Å². The molecule has 0 fully saturated rings. The minimum atomic E-state index is 0.687. The van der Waals surface area contributed by atoms with Crippen LogP contribution in [0.4, 0.5) is 0 Å². The summed E-state index contributed by atoms with van der Waals surface area (Å²) in [6.45, 7) is 0. The zero-order valence-corrected chi connectivity index (χ0v) is 31.0. The third-order valence-electron chi connectivity index (χ3n) is 10.7. The van der Waals surface area contributed by atoms with Crippen molar-refractivity contribution in [2.75, 3.05) is 0 Å². The van der Waals surface area contributed by atoms with Crippen LogP contribution in [0.5, 0.6) is 0 Å². The molecule has 0 unspecified atom stereocenters. The number of aromatic nitrogens is 2. The van der Waals surface area contributed by atoms with Gasteiger partial charge in [-0.05, 0) is 76.3 Å². The summed E-state index contributed by atoms with van der Waals surface area (Å²) in [6, 6.07) is 68.6. The van der Waals surface area contributed by atoms with Gasteiger partial charge in [-0.2, -0.15) is 0 Å². The molecule has 11 aromatic rings. The summed E-state index contributed by atoms with van der Waals surface area (Å²) >= 11 is 1.83. The highest BCUT2D eigenvalue weighted by Gasteiger charge is 2.17. The highest BCUT2D eigenvalue weighted by molar-refractivity contribution is 7.25. The Bertz CT molecular complexity index is 3240. The fourth-order valence-electron chi connectivity index (χ4n) is 7.90. The van der Waals surface area contributed by atoms with Crippen LogP contribution < -0.4 is 0 Å². The van der Waals surface area contributed by atoms with E-state index < -0.39 is 0 Å². The summed E-state index contributed by atoms with van der Waals surface area (Å²) in [5.74, 6) is 0.687. The molecule has 56 heavy (non-hydrogen) atoms. The van der Waals surface area contributed by atoms with E-state index in [4.69, 9.17) is 14.4 Å². The van der Waals surface area contributed by atoms with Crippen molar-refractivity contribution in [2.24, 2.45) is 0 Å². The van der Waals surface area contributed by atoms with E-state index in [-0.39, 0.29) is 0 Å². The largest absolute Gasteiger partial charge is 0.455 e. The lowest BCUT2D eigenvalue weighted by Gasteiger charge is -2.14. The third-order valence-corrected chi connectivity index (χ3v) is 11.9. The summed E-state index contributed by atoms with van der Waals surface area (Å²) in [5, 5.41) is 4.72. The molecule has 262 valence electrons. The zero-order valence-electron chi connectivity index (χ0n) is 30.2. The van der Waals surface area contributed by atoms with Gasteiger partial charge in [-0.25, -0.2) is 9.97 Å². The summed E-state index contributed by atoms with van der Waals surface area (Å²) in [6.07, 6.45) is 0. The summed E-state index contributed by atoms with van der Waals surface area (Å²) in [5.41, 5.74) is 13.2.